The van der Waals surface area contributed by atoms with Crippen molar-refractivity contribution in [1.82, 2.24) is 25.0 Å². The van der Waals surface area contributed by atoms with Crippen LogP contribution < -0.4 is 5.32 Å². The van der Waals surface area contributed by atoms with E-state index in [1.165, 1.54) is 24.0 Å². The van der Waals surface area contributed by atoms with E-state index in [0.717, 1.165) is 37.3 Å². The topological polar surface area (TPSA) is 68.0 Å². The van der Waals surface area contributed by atoms with Crippen molar-refractivity contribution in [2.45, 2.75) is 32.1 Å². The van der Waals surface area contributed by atoms with Crippen LogP contribution in [0.2, 0.25) is 0 Å². The third-order valence-corrected chi connectivity index (χ3v) is 4.17. The van der Waals surface area contributed by atoms with Gasteiger partial charge >= 0.3 is 0 Å². The summed E-state index contributed by atoms with van der Waals surface area (Å²) in [5.41, 5.74) is 3.75. The molecule has 6 nitrogen and oxygen atoms in total. The summed E-state index contributed by atoms with van der Waals surface area (Å²) in [6.07, 6.45) is 5.44. The second-order valence-electron chi connectivity index (χ2n) is 5.65. The molecule has 2 heterocycles. The van der Waals surface area contributed by atoms with Crippen LogP contribution in [0.3, 0.4) is 0 Å². The van der Waals surface area contributed by atoms with Gasteiger partial charge in [-0.25, -0.2) is 4.98 Å². The highest BCUT2D eigenvalue weighted by atomic mass is 15.5. The second kappa shape index (κ2) is 5.71. The Morgan fingerprint density at radius 3 is 2.86 bits per heavy atom. The summed E-state index contributed by atoms with van der Waals surface area (Å²) in [6, 6.07) is 10.5. The SMILES string of the molecule is c1ccc(CCNc2c3c(nc4nnnn24)CCCC3)cc1. The molecular weight excluding hydrogens is 276 g/mol. The Kier molecular flexibility index (Phi) is 3.42. The number of nitrogens with zero attached hydrogens (tertiary/aromatic N) is 5. The van der Waals surface area contributed by atoms with Gasteiger partial charge in [0.15, 0.2) is 0 Å². The van der Waals surface area contributed by atoms with Crippen LogP contribution in [0.15, 0.2) is 30.3 Å². The summed E-state index contributed by atoms with van der Waals surface area (Å²) in [5, 5.41) is 15.4. The Labute approximate surface area is 128 Å². The number of benzene rings is 1. The molecule has 1 aliphatic carbocycles. The van der Waals surface area contributed by atoms with Crippen molar-refractivity contribution in [3.63, 3.8) is 0 Å². The molecule has 22 heavy (non-hydrogen) atoms. The van der Waals surface area contributed by atoms with E-state index >= 15 is 0 Å². The predicted octanol–water partition coefficient (Wildman–Crippen LogP) is 2.05. The van der Waals surface area contributed by atoms with Crippen LogP contribution in [0.5, 0.6) is 0 Å². The first-order valence-corrected chi connectivity index (χ1v) is 7.79. The highest BCUT2D eigenvalue weighted by Crippen LogP contribution is 2.26. The fourth-order valence-corrected chi connectivity index (χ4v) is 3.06. The first-order valence-electron chi connectivity index (χ1n) is 7.79. The van der Waals surface area contributed by atoms with Gasteiger partial charge in [-0.05, 0) is 48.1 Å². The van der Waals surface area contributed by atoms with Crippen molar-refractivity contribution in [3.05, 3.63) is 47.2 Å². The quantitative estimate of drug-likeness (QED) is 0.797. The molecule has 6 heteroatoms. The van der Waals surface area contributed by atoms with E-state index in [1.807, 2.05) is 6.07 Å². The molecule has 0 atom stereocenters. The molecule has 0 bridgehead atoms. The largest absolute Gasteiger partial charge is 0.369 e. The number of tetrazole rings is 1. The molecule has 0 amide bonds. The number of aryl methyl sites for hydroxylation is 1. The van der Waals surface area contributed by atoms with Gasteiger partial charge in [-0.3, -0.25) is 0 Å². The van der Waals surface area contributed by atoms with E-state index in [4.69, 9.17) is 0 Å². The first-order chi connectivity index (χ1) is 10.9. The van der Waals surface area contributed by atoms with Gasteiger partial charge < -0.3 is 5.32 Å². The first kappa shape index (κ1) is 13.2. The molecule has 0 fully saturated rings. The maximum absolute atomic E-state index is 4.59. The molecule has 0 saturated carbocycles. The minimum atomic E-state index is 0.586. The van der Waals surface area contributed by atoms with Gasteiger partial charge in [0.25, 0.3) is 5.78 Å². The fourth-order valence-electron chi connectivity index (χ4n) is 3.06. The Balaban J connectivity index is 1.61. The van der Waals surface area contributed by atoms with Crippen LogP contribution in [0.1, 0.15) is 29.7 Å². The molecule has 1 N–H and O–H groups in total. The third-order valence-electron chi connectivity index (χ3n) is 4.17. The lowest BCUT2D eigenvalue weighted by atomic mass is 9.96. The third kappa shape index (κ3) is 2.41. The Bertz CT molecular complexity index is 780. The molecular formula is C16H18N6. The van der Waals surface area contributed by atoms with Crippen LogP contribution >= 0.6 is 0 Å². The normalized spacial score (nSPS) is 14.0. The molecule has 112 valence electrons. The molecule has 1 aliphatic rings. The van der Waals surface area contributed by atoms with Gasteiger partial charge in [0.1, 0.15) is 5.82 Å². The average Bonchev–Trinajstić information content (AvgIpc) is 3.03. The number of anilines is 1. The van der Waals surface area contributed by atoms with Crippen molar-refractivity contribution in [3.8, 4) is 0 Å². The van der Waals surface area contributed by atoms with Crippen molar-refractivity contribution in [2.75, 3.05) is 11.9 Å². The summed E-state index contributed by atoms with van der Waals surface area (Å²) in [7, 11) is 0. The second-order valence-corrected chi connectivity index (χ2v) is 5.65. The van der Waals surface area contributed by atoms with Gasteiger partial charge in [-0.1, -0.05) is 35.4 Å². The number of aromatic nitrogens is 5. The van der Waals surface area contributed by atoms with Crippen LogP contribution in [0.25, 0.3) is 5.78 Å². The smallest absolute Gasteiger partial charge is 0.275 e. The average molecular weight is 294 g/mol. The van der Waals surface area contributed by atoms with Gasteiger partial charge in [0.2, 0.25) is 0 Å². The maximum atomic E-state index is 4.59. The Hall–Kier alpha value is -2.50. The molecule has 3 aromatic rings. The molecule has 0 radical (unpaired) electrons. The van der Waals surface area contributed by atoms with E-state index in [0.29, 0.717) is 5.78 Å². The van der Waals surface area contributed by atoms with Crippen molar-refractivity contribution >= 4 is 11.6 Å². The molecule has 0 unspecified atom stereocenters. The lowest BCUT2D eigenvalue weighted by Gasteiger charge is -2.19. The Morgan fingerprint density at radius 1 is 1.09 bits per heavy atom. The van der Waals surface area contributed by atoms with E-state index in [-0.39, 0.29) is 0 Å². The Morgan fingerprint density at radius 2 is 1.95 bits per heavy atom. The van der Waals surface area contributed by atoms with Crippen LogP contribution in [-0.4, -0.2) is 31.6 Å². The van der Waals surface area contributed by atoms with Crippen molar-refractivity contribution in [2.24, 2.45) is 0 Å². The minimum absolute atomic E-state index is 0.586. The lowest BCUT2D eigenvalue weighted by molar-refractivity contribution is 0.659. The van der Waals surface area contributed by atoms with Crippen LogP contribution in [0.4, 0.5) is 5.82 Å². The van der Waals surface area contributed by atoms with E-state index < -0.39 is 0 Å². The zero-order valence-electron chi connectivity index (χ0n) is 12.4. The van der Waals surface area contributed by atoms with E-state index in [1.54, 1.807) is 4.52 Å². The highest BCUT2D eigenvalue weighted by molar-refractivity contribution is 5.53. The fraction of sp³-hybridized carbons (Fsp3) is 0.375. The molecule has 1 aromatic carbocycles. The highest BCUT2D eigenvalue weighted by Gasteiger charge is 2.19. The monoisotopic (exact) mass is 294 g/mol. The van der Waals surface area contributed by atoms with Crippen LogP contribution in [0, 0.1) is 0 Å². The van der Waals surface area contributed by atoms with E-state index in [2.05, 4.69) is 50.1 Å². The van der Waals surface area contributed by atoms with Crippen molar-refractivity contribution < 1.29 is 0 Å². The lowest BCUT2D eigenvalue weighted by Crippen LogP contribution is -2.17. The van der Waals surface area contributed by atoms with Crippen molar-refractivity contribution in [1.29, 1.82) is 0 Å². The van der Waals surface area contributed by atoms with Crippen LogP contribution in [-0.2, 0) is 19.3 Å². The molecule has 4 rings (SSSR count). The number of fused-ring (bicyclic) bond motifs is 2. The number of nitrogens with one attached hydrogen (secondary N) is 1. The maximum Gasteiger partial charge on any atom is 0.275 e. The molecule has 0 saturated heterocycles. The van der Waals surface area contributed by atoms with Gasteiger partial charge in [-0.2, -0.15) is 4.52 Å². The van der Waals surface area contributed by atoms with Gasteiger partial charge in [0.05, 0.1) is 5.69 Å². The number of hydrogen-bond acceptors (Lipinski definition) is 5. The number of hydrogen-bond donors (Lipinski definition) is 1. The molecule has 0 aliphatic heterocycles. The predicted molar refractivity (Wildman–Crippen MR) is 83.9 cm³/mol. The summed E-state index contributed by atoms with van der Waals surface area (Å²) in [6.45, 7) is 0.857. The zero-order chi connectivity index (χ0) is 14.8. The van der Waals surface area contributed by atoms with Gasteiger partial charge in [0, 0.05) is 12.1 Å². The standard InChI is InChI=1S/C16H18N6/c1-2-6-12(7-3-1)10-11-17-15-13-8-4-5-9-14(13)18-16-19-20-21-22(15)16/h1-3,6-7,17H,4-5,8-11H2. The summed E-state index contributed by atoms with van der Waals surface area (Å²) in [5.74, 6) is 1.60. The van der Waals surface area contributed by atoms with E-state index in [9.17, 15) is 0 Å². The molecule has 2 aromatic heterocycles. The molecule has 0 spiro atoms. The number of rotatable bonds is 4. The summed E-state index contributed by atoms with van der Waals surface area (Å²) >= 11 is 0. The summed E-state index contributed by atoms with van der Waals surface area (Å²) in [4.78, 5) is 4.59. The zero-order valence-corrected chi connectivity index (χ0v) is 12.4. The van der Waals surface area contributed by atoms with Gasteiger partial charge in [-0.15, -0.1) is 0 Å². The minimum Gasteiger partial charge on any atom is -0.369 e. The summed E-state index contributed by atoms with van der Waals surface area (Å²) < 4.78 is 1.73.